The average molecular weight is 385 g/mol. The van der Waals surface area contributed by atoms with Crippen LogP contribution in [-0.2, 0) is 10.3 Å². The minimum atomic E-state index is -0.512. The standard InChI is InChI=1S/C20H20FN3O2S/c1-11-17-16(6-8-25-11)26-15-5-4-12(13-3-2-7-23-18(13)21)9-14(15)20(17)10-27-19(22)24-20/h2-5,7,9,11,16-17H,6,8,10H2,1H3,(H2,22,24)/t11-,16-,17?,20+/m1/s1. The van der Waals surface area contributed by atoms with Gasteiger partial charge in [-0.25, -0.2) is 9.98 Å². The number of fused-ring (bicyclic) bond motifs is 4. The van der Waals surface area contributed by atoms with Crippen LogP contribution in [0.25, 0.3) is 11.1 Å². The smallest absolute Gasteiger partial charge is 0.220 e. The van der Waals surface area contributed by atoms with Gasteiger partial charge in [-0.1, -0.05) is 17.8 Å². The lowest BCUT2D eigenvalue weighted by Crippen LogP contribution is -2.55. The zero-order valence-electron chi connectivity index (χ0n) is 14.9. The fraction of sp³-hybridized carbons (Fsp3) is 0.400. The van der Waals surface area contributed by atoms with Crippen molar-refractivity contribution in [2.24, 2.45) is 16.6 Å². The molecule has 1 fully saturated rings. The molecule has 5 nitrogen and oxygen atoms in total. The summed E-state index contributed by atoms with van der Waals surface area (Å²) in [5.74, 6) is 1.13. The molecule has 3 aliphatic rings. The van der Waals surface area contributed by atoms with E-state index in [-0.39, 0.29) is 18.1 Å². The van der Waals surface area contributed by atoms with Crippen LogP contribution in [0.1, 0.15) is 18.9 Å². The van der Waals surface area contributed by atoms with Crippen LogP contribution in [0, 0.1) is 11.9 Å². The minimum Gasteiger partial charge on any atom is -0.489 e. The summed E-state index contributed by atoms with van der Waals surface area (Å²) < 4.78 is 26.5. The molecule has 1 saturated heterocycles. The Morgan fingerprint density at radius 3 is 3.00 bits per heavy atom. The first-order valence-corrected chi connectivity index (χ1v) is 10.1. The number of thioether (sulfide) groups is 1. The predicted octanol–water partition coefficient (Wildman–Crippen LogP) is 3.33. The lowest BCUT2D eigenvalue weighted by atomic mass is 9.70. The van der Waals surface area contributed by atoms with Gasteiger partial charge in [-0.3, -0.25) is 0 Å². The first kappa shape index (κ1) is 17.0. The molecule has 0 radical (unpaired) electrons. The normalized spacial score (nSPS) is 31.8. The van der Waals surface area contributed by atoms with E-state index in [0.29, 0.717) is 17.3 Å². The second kappa shape index (κ2) is 6.21. The molecule has 1 aromatic carbocycles. The molecule has 5 rings (SSSR count). The molecule has 0 aliphatic carbocycles. The molecule has 1 unspecified atom stereocenters. The Labute approximate surface area is 161 Å². The van der Waals surface area contributed by atoms with Crippen molar-refractivity contribution in [1.29, 1.82) is 0 Å². The molecule has 2 N–H and O–H groups in total. The van der Waals surface area contributed by atoms with E-state index in [1.807, 2.05) is 18.2 Å². The molecule has 7 heteroatoms. The highest BCUT2D eigenvalue weighted by Crippen LogP contribution is 2.54. The fourth-order valence-corrected chi connectivity index (χ4v) is 5.63. The molecule has 1 aromatic heterocycles. The van der Waals surface area contributed by atoms with Crippen LogP contribution in [0.5, 0.6) is 5.75 Å². The van der Waals surface area contributed by atoms with Crippen LogP contribution in [0.2, 0.25) is 0 Å². The monoisotopic (exact) mass is 385 g/mol. The highest BCUT2D eigenvalue weighted by molar-refractivity contribution is 8.14. The molecule has 2 aromatic rings. The van der Waals surface area contributed by atoms with Crippen molar-refractivity contribution in [1.82, 2.24) is 4.98 Å². The maximum Gasteiger partial charge on any atom is 0.220 e. The van der Waals surface area contributed by atoms with E-state index in [2.05, 4.69) is 11.9 Å². The van der Waals surface area contributed by atoms with Crippen LogP contribution in [0.4, 0.5) is 4.39 Å². The number of halogens is 1. The van der Waals surface area contributed by atoms with Gasteiger partial charge in [0.05, 0.1) is 18.6 Å². The SMILES string of the molecule is C[C@H]1OCC[C@H]2Oc3ccc(-c4cccnc4F)cc3[C@@]3(CSC(N)=N3)C12. The number of hydrogen-bond donors (Lipinski definition) is 1. The molecule has 0 saturated carbocycles. The average Bonchev–Trinajstić information content (AvgIpc) is 3.04. The first-order chi connectivity index (χ1) is 13.1. The Bertz CT molecular complexity index is 937. The Morgan fingerprint density at radius 2 is 2.22 bits per heavy atom. The summed E-state index contributed by atoms with van der Waals surface area (Å²) in [4.78, 5) is 8.68. The van der Waals surface area contributed by atoms with Crippen molar-refractivity contribution < 1.29 is 13.9 Å². The van der Waals surface area contributed by atoms with Crippen molar-refractivity contribution in [3.05, 3.63) is 48.0 Å². The number of amidine groups is 1. The maximum absolute atomic E-state index is 14.3. The largest absolute Gasteiger partial charge is 0.489 e. The van der Waals surface area contributed by atoms with Gasteiger partial charge in [0.15, 0.2) is 5.17 Å². The number of nitrogens with two attached hydrogens (primary N) is 1. The van der Waals surface area contributed by atoms with Crippen molar-refractivity contribution in [2.45, 2.75) is 31.1 Å². The van der Waals surface area contributed by atoms with Crippen LogP contribution < -0.4 is 10.5 Å². The van der Waals surface area contributed by atoms with E-state index in [1.165, 1.54) is 6.20 Å². The maximum atomic E-state index is 14.3. The predicted molar refractivity (Wildman–Crippen MR) is 103 cm³/mol. The molecule has 0 bridgehead atoms. The van der Waals surface area contributed by atoms with E-state index < -0.39 is 11.5 Å². The molecule has 1 spiro atoms. The Balaban J connectivity index is 1.70. The summed E-state index contributed by atoms with van der Waals surface area (Å²) in [5.41, 5.74) is 7.77. The summed E-state index contributed by atoms with van der Waals surface area (Å²) in [7, 11) is 0. The van der Waals surface area contributed by atoms with Crippen molar-refractivity contribution in [3.63, 3.8) is 0 Å². The number of rotatable bonds is 1. The van der Waals surface area contributed by atoms with E-state index in [9.17, 15) is 4.39 Å². The van der Waals surface area contributed by atoms with E-state index in [4.69, 9.17) is 20.2 Å². The van der Waals surface area contributed by atoms with Crippen LogP contribution in [0.3, 0.4) is 0 Å². The summed E-state index contributed by atoms with van der Waals surface area (Å²) in [6.07, 6.45) is 2.32. The lowest BCUT2D eigenvalue weighted by Gasteiger charge is -2.49. The Hall–Kier alpha value is -2.12. The second-order valence-corrected chi connectivity index (χ2v) is 8.26. The zero-order chi connectivity index (χ0) is 18.6. The van der Waals surface area contributed by atoms with Gasteiger partial charge in [-0.05, 0) is 36.8 Å². The number of pyridine rings is 1. The van der Waals surface area contributed by atoms with E-state index in [1.54, 1.807) is 23.9 Å². The molecule has 4 atom stereocenters. The summed E-state index contributed by atoms with van der Waals surface area (Å²) in [6.45, 7) is 2.76. The van der Waals surface area contributed by atoms with Gasteiger partial charge in [0, 0.05) is 29.5 Å². The van der Waals surface area contributed by atoms with Crippen LogP contribution in [0.15, 0.2) is 41.5 Å². The molecule has 3 aliphatic heterocycles. The van der Waals surface area contributed by atoms with Crippen molar-refractivity contribution in [2.75, 3.05) is 12.4 Å². The zero-order valence-corrected chi connectivity index (χ0v) is 15.7. The third-order valence-corrected chi connectivity index (χ3v) is 6.76. The molecule has 27 heavy (non-hydrogen) atoms. The van der Waals surface area contributed by atoms with Crippen LogP contribution in [-0.4, -0.2) is 34.7 Å². The molecule has 4 heterocycles. The number of ether oxygens (including phenoxy) is 2. The van der Waals surface area contributed by atoms with Gasteiger partial charge in [0.2, 0.25) is 5.95 Å². The number of benzene rings is 1. The van der Waals surface area contributed by atoms with E-state index >= 15 is 0 Å². The fourth-order valence-electron chi connectivity index (χ4n) is 4.62. The number of hydrogen-bond acceptors (Lipinski definition) is 6. The molecular weight excluding hydrogens is 365 g/mol. The van der Waals surface area contributed by atoms with Gasteiger partial charge < -0.3 is 15.2 Å². The topological polar surface area (TPSA) is 69.7 Å². The number of aliphatic imine (C=N–C) groups is 1. The highest BCUT2D eigenvalue weighted by atomic mass is 32.2. The third-order valence-electron chi connectivity index (χ3n) is 5.79. The van der Waals surface area contributed by atoms with Gasteiger partial charge in [-0.15, -0.1) is 0 Å². The summed E-state index contributed by atoms with van der Waals surface area (Å²) in [5, 5.41) is 0.581. The van der Waals surface area contributed by atoms with E-state index in [0.717, 1.165) is 29.1 Å². The van der Waals surface area contributed by atoms with Crippen molar-refractivity contribution in [3.8, 4) is 16.9 Å². The number of nitrogens with zero attached hydrogens (tertiary/aromatic N) is 2. The number of aromatic nitrogens is 1. The third kappa shape index (κ3) is 2.56. The second-order valence-electron chi connectivity index (χ2n) is 7.26. The van der Waals surface area contributed by atoms with Gasteiger partial charge >= 0.3 is 0 Å². The minimum absolute atomic E-state index is 0.00549. The molecule has 0 amide bonds. The summed E-state index contributed by atoms with van der Waals surface area (Å²) in [6, 6.07) is 9.25. The van der Waals surface area contributed by atoms with Gasteiger partial charge in [0.25, 0.3) is 0 Å². The highest BCUT2D eigenvalue weighted by Gasteiger charge is 2.56. The molecule has 140 valence electrons. The molecular formula is C20H20FN3O2S. The summed E-state index contributed by atoms with van der Waals surface area (Å²) >= 11 is 1.56. The first-order valence-electron chi connectivity index (χ1n) is 9.10. The van der Waals surface area contributed by atoms with Crippen LogP contribution >= 0.6 is 11.8 Å². The lowest BCUT2D eigenvalue weighted by molar-refractivity contribution is -0.108. The van der Waals surface area contributed by atoms with Gasteiger partial charge in [-0.2, -0.15) is 4.39 Å². The van der Waals surface area contributed by atoms with Crippen molar-refractivity contribution >= 4 is 16.9 Å². The quantitative estimate of drug-likeness (QED) is 0.763. The Morgan fingerprint density at radius 1 is 1.33 bits per heavy atom. The Kier molecular flexibility index (Phi) is 3.91. The van der Waals surface area contributed by atoms with Gasteiger partial charge in [0.1, 0.15) is 17.4 Å².